The molecule has 3 rings (SSSR count). The van der Waals surface area contributed by atoms with Gasteiger partial charge in [0.15, 0.2) is 0 Å². The Balaban J connectivity index is 0.000000269. The molecule has 0 bridgehead atoms. The molecule has 2 aliphatic rings. The number of carbonyl (C=O) groups excluding carboxylic acids is 1. The van der Waals surface area contributed by atoms with Crippen LogP contribution in [-0.2, 0) is 4.74 Å². The number of benzene rings is 1. The Morgan fingerprint density at radius 3 is 2.24 bits per heavy atom. The van der Waals surface area contributed by atoms with E-state index < -0.39 is 0 Å². The average Bonchev–Trinajstić information content (AvgIpc) is 3.16. The van der Waals surface area contributed by atoms with Crippen molar-refractivity contribution in [3.05, 3.63) is 29.3 Å². The number of likely N-dealkylation sites (tertiary alicyclic amines) is 1. The van der Waals surface area contributed by atoms with Gasteiger partial charge in [-0.2, -0.15) is 0 Å². The second-order valence-electron chi connectivity index (χ2n) is 7.03. The van der Waals surface area contributed by atoms with Crippen LogP contribution in [0.2, 0.25) is 0 Å². The summed E-state index contributed by atoms with van der Waals surface area (Å²) in [6.45, 7) is 10.0. The first-order valence-corrected chi connectivity index (χ1v) is 9.26. The number of ether oxygens (including phenoxy) is 2. The molecule has 2 heterocycles. The van der Waals surface area contributed by atoms with E-state index in [1.54, 1.807) is 7.11 Å². The minimum Gasteiger partial charge on any atom is -0.496 e. The number of hydrogen-bond acceptors (Lipinski definition) is 4. The second kappa shape index (κ2) is 9.78. The smallest absolute Gasteiger partial charge is 0.253 e. The number of morpholine rings is 1. The van der Waals surface area contributed by atoms with Gasteiger partial charge < -0.3 is 19.3 Å². The van der Waals surface area contributed by atoms with Crippen LogP contribution >= 0.6 is 0 Å². The molecule has 0 atom stereocenters. The lowest BCUT2D eigenvalue weighted by Gasteiger charge is -2.21. The standard InChI is InChI=1S/C15H21NO2.C5H11NO/c1-11(2)13-7-6-12(10-14(13)18-3)15(17)16-8-4-5-9-16;1-6-2-4-7-5-3-6/h6-7,10-11H,4-5,8-9H2,1-3H3;2-5H2,1H3. The first-order valence-electron chi connectivity index (χ1n) is 9.26. The van der Waals surface area contributed by atoms with Gasteiger partial charge in [-0.3, -0.25) is 4.79 Å². The molecule has 140 valence electrons. The summed E-state index contributed by atoms with van der Waals surface area (Å²) >= 11 is 0. The predicted octanol–water partition coefficient (Wildman–Crippen LogP) is 3.00. The number of amides is 1. The Labute approximate surface area is 151 Å². The zero-order valence-corrected chi connectivity index (χ0v) is 16.1. The molecule has 1 amide bonds. The van der Waals surface area contributed by atoms with Crippen molar-refractivity contribution in [2.45, 2.75) is 32.6 Å². The van der Waals surface area contributed by atoms with Crippen LogP contribution < -0.4 is 4.74 Å². The number of hydrogen-bond donors (Lipinski definition) is 0. The van der Waals surface area contributed by atoms with Gasteiger partial charge >= 0.3 is 0 Å². The first kappa shape index (κ1) is 19.7. The van der Waals surface area contributed by atoms with E-state index in [1.807, 2.05) is 23.1 Å². The van der Waals surface area contributed by atoms with Crippen LogP contribution in [0.3, 0.4) is 0 Å². The van der Waals surface area contributed by atoms with Crippen LogP contribution in [0, 0.1) is 0 Å². The van der Waals surface area contributed by atoms with Gasteiger partial charge in [0.2, 0.25) is 0 Å². The zero-order chi connectivity index (χ0) is 18.2. The van der Waals surface area contributed by atoms with Crippen LogP contribution in [-0.4, -0.2) is 69.3 Å². The topological polar surface area (TPSA) is 42.0 Å². The molecule has 0 N–H and O–H groups in total. The van der Waals surface area contributed by atoms with Crippen molar-refractivity contribution >= 4 is 5.91 Å². The maximum absolute atomic E-state index is 12.3. The van der Waals surface area contributed by atoms with Crippen molar-refractivity contribution in [3.8, 4) is 5.75 Å². The maximum Gasteiger partial charge on any atom is 0.253 e. The van der Waals surface area contributed by atoms with E-state index in [0.29, 0.717) is 5.92 Å². The van der Waals surface area contributed by atoms with Crippen LogP contribution in [0.4, 0.5) is 0 Å². The van der Waals surface area contributed by atoms with Gasteiger partial charge in [0, 0.05) is 31.7 Å². The quantitative estimate of drug-likeness (QED) is 0.842. The highest BCUT2D eigenvalue weighted by Gasteiger charge is 2.20. The van der Waals surface area contributed by atoms with Crippen LogP contribution in [0.5, 0.6) is 5.75 Å². The van der Waals surface area contributed by atoms with Crippen molar-refractivity contribution in [1.82, 2.24) is 9.80 Å². The molecule has 2 aliphatic heterocycles. The van der Waals surface area contributed by atoms with Crippen LogP contribution in [0.15, 0.2) is 18.2 Å². The van der Waals surface area contributed by atoms with E-state index in [9.17, 15) is 4.79 Å². The molecule has 5 nitrogen and oxygen atoms in total. The van der Waals surface area contributed by atoms with Crippen molar-refractivity contribution < 1.29 is 14.3 Å². The molecule has 0 spiro atoms. The molecular weight excluding hydrogens is 316 g/mol. The molecule has 0 saturated carbocycles. The van der Waals surface area contributed by atoms with Crippen LogP contribution in [0.25, 0.3) is 0 Å². The van der Waals surface area contributed by atoms with E-state index in [4.69, 9.17) is 9.47 Å². The number of likely N-dealkylation sites (N-methyl/N-ethyl adjacent to an activating group) is 1. The third kappa shape index (κ3) is 5.72. The van der Waals surface area contributed by atoms with E-state index in [2.05, 4.69) is 25.8 Å². The van der Waals surface area contributed by atoms with Crippen molar-refractivity contribution in [1.29, 1.82) is 0 Å². The monoisotopic (exact) mass is 348 g/mol. The highest BCUT2D eigenvalue weighted by atomic mass is 16.5. The lowest BCUT2D eigenvalue weighted by molar-refractivity contribution is 0.0503. The Kier molecular flexibility index (Phi) is 7.72. The number of nitrogens with zero attached hydrogens (tertiary/aromatic N) is 2. The summed E-state index contributed by atoms with van der Waals surface area (Å²) in [6, 6.07) is 5.79. The Morgan fingerprint density at radius 2 is 1.76 bits per heavy atom. The SMILES string of the molecule is CN1CCOCC1.COc1cc(C(=O)N2CCCC2)ccc1C(C)C. The Bertz CT molecular complexity index is 548. The molecule has 2 saturated heterocycles. The predicted molar refractivity (Wildman–Crippen MR) is 101 cm³/mol. The maximum atomic E-state index is 12.3. The fourth-order valence-electron chi connectivity index (χ4n) is 3.08. The zero-order valence-electron chi connectivity index (χ0n) is 16.1. The van der Waals surface area contributed by atoms with E-state index in [-0.39, 0.29) is 5.91 Å². The largest absolute Gasteiger partial charge is 0.496 e. The lowest BCUT2D eigenvalue weighted by Crippen LogP contribution is -2.32. The third-order valence-corrected chi connectivity index (χ3v) is 4.73. The van der Waals surface area contributed by atoms with Gasteiger partial charge in [-0.25, -0.2) is 0 Å². The summed E-state index contributed by atoms with van der Waals surface area (Å²) in [7, 11) is 3.77. The highest BCUT2D eigenvalue weighted by molar-refractivity contribution is 5.95. The van der Waals surface area contributed by atoms with Crippen molar-refractivity contribution in [2.24, 2.45) is 0 Å². The molecular formula is C20H32N2O3. The van der Waals surface area contributed by atoms with Crippen molar-refractivity contribution in [3.63, 3.8) is 0 Å². The number of methoxy groups -OCH3 is 1. The van der Waals surface area contributed by atoms with Gasteiger partial charge in [-0.15, -0.1) is 0 Å². The summed E-state index contributed by atoms with van der Waals surface area (Å²) in [5.74, 6) is 1.34. The third-order valence-electron chi connectivity index (χ3n) is 4.73. The fourth-order valence-corrected chi connectivity index (χ4v) is 3.08. The molecule has 2 fully saturated rings. The van der Waals surface area contributed by atoms with E-state index in [0.717, 1.165) is 69.1 Å². The number of carbonyl (C=O) groups is 1. The van der Waals surface area contributed by atoms with Gasteiger partial charge in [0.05, 0.1) is 20.3 Å². The van der Waals surface area contributed by atoms with Crippen LogP contribution in [0.1, 0.15) is 48.5 Å². The summed E-state index contributed by atoms with van der Waals surface area (Å²) in [4.78, 5) is 16.5. The molecule has 5 heteroatoms. The summed E-state index contributed by atoms with van der Waals surface area (Å²) in [6.07, 6.45) is 2.24. The van der Waals surface area contributed by atoms with Gasteiger partial charge in [0.1, 0.15) is 5.75 Å². The molecule has 0 radical (unpaired) electrons. The average molecular weight is 348 g/mol. The summed E-state index contributed by atoms with van der Waals surface area (Å²) in [5.41, 5.74) is 1.88. The van der Waals surface area contributed by atoms with Gasteiger partial charge in [-0.05, 0) is 43.5 Å². The minimum atomic E-state index is 0.126. The number of rotatable bonds is 3. The summed E-state index contributed by atoms with van der Waals surface area (Å²) < 4.78 is 10.5. The lowest BCUT2D eigenvalue weighted by atomic mass is 10.00. The fraction of sp³-hybridized carbons (Fsp3) is 0.650. The molecule has 1 aromatic rings. The highest BCUT2D eigenvalue weighted by Crippen LogP contribution is 2.28. The summed E-state index contributed by atoms with van der Waals surface area (Å²) in [5, 5.41) is 0. The minimum absolute atomic E-state index is 0.126. The second-order valence-corrected chi connectivity index (χ2v) is 7.03. The molecule has 1 aromatic carbocycles. The van der Waals surface area contributed by atoms with E-state index in [1.165, 1.54) is 0 Å². The Morgan fingerprint density at radius 1 is 1.12 bits per heavy atom. The molecule has 0 aromatic heterocycles. The first-order chi connectivity index (χ1) is 12.0. The van der Waals surface area contributed by atoms with Gasteiger partial charge in [0.25, 0.3) is 5.91 Å². The molecule has 0 aliphatic carbocycles. The normalized spacial score (nSPS) is 18.0. The Hall–Kier alpha value is -1.59. The van der Waals surface area contributed by atoms with E-state index >= 15 is 0 Å². The molecule has 25 heavy (non-hydrogen) atoms. The van der Waals surface area contributed by atoms with Gasteiger partial charge in [-0.1, -0.05) is 19.9 Å². The van der Waals surface area contributed by atoms with Crippen molar-refractivity contribution in [2.75, 3.05) is 53.6 Å². The molecule has 0 unspecified atom stereocenters.